The van der Waals surface area contributed by atoms with Crippen molar-refractivity contribution in [3.05, 3.63) is 45.4 Å². The van der Waals surface area contributed by atoms with E-state index in [2.05, 4.69) is 10.2 Å². The van der Waals surface area contributed by atoms with E-state index in [4.69, 9.17) is 28.9 Å². The van der Waals surface area contributed by atoms with Crippen LogP contribution in [0, 0.1) is 4.77 Å². The molecule has 2 rings (SSSR count). The quantitative estimate of drug-likeness (QED) is 0.827. The molecule has 1 aromatic carbocycles. The Hall–Kier alpha value is -1.17. The van der Waals surface area contributed by atoms with Crippen molar-refractivity contribution in [3.8, 4) is 0 Å². The van der Waals surface area contributed by atoms with Gasteiger partial charge >= 0.3 is 0 Å². The number of halogens is 1. The summed E-state index contributed by atoms with van der Waals surface area (Å²) in [6.07, 6.45) is 0. The molecule has 4 nitrogen and oxygen atoms in total. The molecule has 0 amide bonds. The van der Waals surface area contributed by atoms with Crippen LogP contribution in [0.3, 0.4) is 0 Å². The highest BCUT2D eigenvalue weighted by molar-refractivity contribution is 7.71. The molecular formula is C10H10ClN3OS. The Morgan fingerprint density at radius 1 is 1.50 bits per heavy atom. The van der Waals surface area contributed by atoms with E-state index in [1.54, 1.807) is 4.57 Å². The van der Waals surface area contributed by atoms with Crippen LogP contribution in [0.1, 0.15) is 11.4 Å². The number of nitrogens with zero attached hydrogens (tertiary/aromatic N) is 2. The second-order valence-electron chi connectivity index (χ2n) is 3.32. The first-order chi connectivity index (χ1) is 7.70. The number of aliphatic hydroxyl groups excluding tert-OH is 1. The molecule has 0 aliphatic heterocycles. The normalized spacial score (nSPS) is 10.6. The van der Waals surface area contributed by atoms with E-state index in [-0.39, 0.29) is 6.61 Å². The second-order valence-corrected chi connectivity index (χ2v) is 4.14. The van der Waals surface area contributed by atoms with Gasteiger partial charge in [-0.1, -0.05) is 23.7 Å². The largest absolute Gasteiger partial charge is 0.388 e. The van der Waals surface area contributed by atoms with Crippen LogP contribution in [0.15, 0.2) is 24.3 Å². The molecule has 2 aromatic rings. The van der Waals surface area contributed by atoms with Gasteiger partial charge in [0.1, 0.15) is 6.61 Å². The SMILES string of the molecule is OCc1n[nH]c(=S)n1Cc1cccc(Cl)c1. The second kappa shape index (κ2) is 4.78. The van der Waals surface area contributed by atoms with Crippen molar-refractivity contribution in [1.29, 1.82) is 0 Å². The first-order valence-corrected chi connectivity index (χ1v) is 5.48. The molecule has 1 heterocycles. The molecule has 0 radical (unpaired) electrons. The number of H-pyrrole nitrogens is 1. The molecule has 0 spiro atoms. The van der Waals surface area contributed by atoms with Crippen LogP contribution < -0.4 is 0 Å². The lowest BCUT2D eigenvalue weighted by atomic mass is 10.2. The molecule has 2 N–H and O–H groups in total. The topological polar surface area (TPSA) is 53.8 Å². The van der Waals surface area contributed by atoms with Gasteiger partial charge in [-0.05, 0) is 29.9 Å². The minimum atomic E-state index is -0.145. The molecule has 0 aliphatic carbocycles. The van der Waals surface area contributed by atoms with Gasteiger partial charge in [-0.2, -0.15) is 5.10 Å². The third-order valence-electron chi connectivity index (χ3n) is 2.21. The molecule has 0 aliphatic rings. The zero-order valence-corrected chi connectivity index (χ0v) is 9.92. The molecular weight excluding hydrogens is 246 g/mol. The fourth-order valence-electron chi connectivity index (χ4n) is 1.45. The smallest absolute Gasteiger partial charge is 0.195 e. The van der Waals surface area contributed by atoms with Gasteiger partial charge in [0.15, 0.2) is 10.6 Å². The minimum absolute atomic E-state index is 0.145. The van der Waals surface area contributed by atoms with Gasteiger partial charge < -0.3 is 5.11 Å². The molecule has 1 aromatic heterocycles. The fraction of sp³-hybridized carbons (Fsp3) is 0.200. The first kappa shape index (κ1) is 11.3. The fourth-order valence-corrected chi connectivity index (χ4v) is 1.88. The van der Waals surface area contributed by atoms with Gasteiger partial charge in [-0.25, -0.2) is 0 Å². The lowest BCUT2D eigenvalue weighted by Gasteiger charge is -2.05. The van der Waals surface area contributed by atoms with Crippen LogP contribution in [0.5, 0.6) is 0 Å². The number of benzene rings is 1. The maximum Gasteiger partial charge on any atom is 0.195 e. The Morgan fingerprint density at radius 3 is 3.00 bits per heavy atom. The summed E-state index contributed by atoms with van der Waals surface area (Å²) in [6, 6.07) is 7.49. The molecule has 0 saturated carbocycles. The lowest BCUT2D eigenvalue weighted by molar-refractivity contribution is 0.265. The van der Waals surface area contributed by atoms with Gasteiger partial charge in [-0.3, -0.25) is 9.67 Å². The number of aromatic amines is 1. The maximum atomic E-state index is 9.09. The maximum absolute atomic E-state index is 9.09. The van der Waals surface area contributed by atoms with Crippen molar-refractivity contribution >= 4 is 23.8 Å². The van der Waals surface area contributed by atoms with Crippen LogP contribution >= 0.6 is 23.8 Å². The summed E-state index contributed by atoms with van der Waals surface area (Å²) in [5.74, 6) is 0.518. The van der Waals surface area contributed by atoms with E-state index >= 15 is 0 Å². The number of nitrogens with one attached hydrogen (secondary N) is 1. The number of rotatable bonds is 3. The molecule has 0 atom stereocenters. The van der Waals surface area contributed by atoms with Crippen LogP contribution in [-0.2, 0) is 13.2 Å². The number of hydrogen-bond donors (Lipinski definition) is 2. The van der Waals surface area contributed by atoms with E-state index < -0.39 is 0 Å². The minimum Gasteiger partial charge on any atom is -0.388 e. The summed E-state index contributed by atoms with van der Waals surface area (Å²) in [5.41, 5.74) is 1.01. The third kappa shape index (κ3) is 2.32. The van der Waals surface area contributed by atoms with Crippen molar-refractivity contribution < 1.29 is 5.11 Å². The van der Waals surface area contributed by atoms with Gasteiger partial charge in [0.2, 0.25) is 0 Å². The summed E-state index contributed by atoms with van der Waals surface area (Å²) in [4.78, 5) is 0. The summed E-state index contributed by atoms with van der Waals surface area (Å²) in [7, 11) is 0. The Bertz CT molecular complexity index is 549. The molecule has 0 bridgehead atoms. The van der Waals surface area contributed by atoms with Crippen molar-refractivity contribution in [2.75, 3.05) is 0 Å². The Labute approximate surface area is 103 Å². The monoisotopic (exact) mass is 255 g/mol. The van der Waals surface area contributed by atoms with Crippen molar-refractivity contribution in [1.82, 2.24) is 14.8 Å². The highest BCUT2D eigenvalue weighted by Crippen LogP contribution is 2.12. The van der Waals surface area contributed by atoms with E-state index in [0.717, 1.165) is 5.56 Å². The van der Waals surface area contributed by atoms with Gasteiger partial charge in [0.25, 0.3) is 0 Å². The van der Waals surface area contributed by atoms with E-state index in [0.29, 0.717) is 22.2 Å². The Kier molecular flexibility index (Phi) is 3.38. The van der Waals surface area contributed by atoms with Crippen LogP contribution in [0.2, 0.25) is 5.02 Å². The zero-order valence-electron chi connectivity index (χ0n) is 8.35. The summed E-state index contributed by atoms with van der Waals surface area (Å²) < 4.78 is 2.23. The highest BCUT2D eigenvalue weighted by atomic mass is 35.5. The number of hydrogen-bond acceptors (Lipinski definition) is 3. The number of aromatic nitrogens is 3. The predicted octanol–water partition coefficient (Wildman–Crippen LogP) is 2.13. The molecule has 0 fully saturated rings. The Balaban J connectivity index is 2.33. The first-order valence-electron chi connectivity index (χ1n) is 4.70. The van der Waals surface area contributed by atoms with Crippen molar-refractivity contribution in [3.63, 3.8) is 0 Å². The summed E-state index contributed by atoms with van der Waals surface area (Å²) in [5, 5.41) is 16.3. The van der Waals surface area contributed by atoms with Gasteiger partial charge in [-0.15, -0.1) is 0 Å². The van der Waals surface area contributed by atoms with Crippen molar-refractivity contribution in [2.24, 2.45) is 0 Å². The van der Waals surface area contributed by atoms with Gasteiger partial charge in [0, 0.05) is 5.02 Å². The number of aliphatic hydroxyl groups is 1. The van der Waals surface area contributed by atoms with Crippen molar-refractivity contribution in [2.45, 2.75) is 13.2 Å². The summed E-state index contributed by atoms with van der Waals surface area (Å²) >= 11 is 11.0. The third-order valence-corrected chi connectivity index (χ3v) is 2.76. The highest BCUT2D eigenvalue weighted by Gasteiger charge is 2.05. The van der Waals surface area contributed by atoms with E-state index in [9.17, 15) is 0 Å². The zero-order chi connectivity index (χ0) is 11.5. The lowest BCUT2D eigenvalue weighted by Crippen LogP contribution is -2.05. The van der Waals surface area contributed by atoms with Crippen LogP contribution in [0.25, 0.3) is 0 Å². The van der Waals surface area contributed by atoms with E-state index in [1.165, 1.54) is 0 Å². The molecule has 16 heavy (non-hydrogen) atoms. The van der Waals surface area contributed by atoms with Crippen LogP contribution in [0.4, 0.5) is 0 Å². The van der Waals surface area contributed by atoms with Crippen LogP contribution in [-0.4, -0.2) is 19.9 Å². The molecule has 84 valence electrons. The average molecular weight is 256 g/mol. The standard InChI is InChI=1S/C10H10ClN3OS/c11-8-3-1-2-7(4-8)5-14-9(6-15)12-13-10(14)16/h1-4,15H,5-6H2,(H,13,16). The summed E-state index contributed by atoms with van der Waals surface area (Å²) in [6.45, 7) is 0.402. The van der Waals surface area contributed by atoms with Gasteiger partial charge in [0.05, 0.1) is 6.54 Å². The Morgan fingerprint density at radius 2 is 2.31 bits per heavy atom. The molecule has 6 heteroatoms. The molecule has 0 saturated heterocycles. The molecule has 0 unspecified atom stereocenters. The van der Waals surface area contributed by atoms with E-state index in [1.807, 2.05) is 24.3 Å². The predicted molar refractivity (Wildman–Crippen MR) is 63.9 cm³/mol. The average Bonchev–Trinajstić information content (AvgIpc) is 2.60.